The topological polar surface area (TPSA) is 0 Å². The molecule has 0 spiro atoms. The second kappa shape index (κ2) is 6.76. The molecule has 0 fully saturated rings. The lowest BCUT2D eigenvalue weighted by Gasteiger charge is -2.16. The quantitative estimate of drug-likeness (QED) is 0.512. The molecule has 0 nitrogen and oxygen atoms in total. The Hall–Kier alpha value is 0.0649. The van der Waals surface area contributed by atoms with Gasteiger partial charge in [-0.2, -0.15) is 0 Å². The van der Waals surface area contributed by atoms with Gasteiger partial charge in [-0.3, -0.25) is 0 Å². The van der Waals surface area contributed by atoms with Crippen LogP contribution in [-0.4, -0.2) is 7.28 Å². The van der Waals surface area contributed by atoms with Crippen molar-refractivity contribution >= 4 is 7.28 Å². The van der Waals surface area contributed by atoms with E-state index in [1.807, 2.05) is 0 Å². The Morgan fingerprint density at radius 3 is 1.18 bits per heavy atom. The van der Waals surface area contributed by atoms with Gasteiger partial charge in [0.2, 0.25) is 0 Å². The van der Waals surface area contributed by atoms with Crippen molar-refractivity contribution in [3.63, 3.8) is 0 Å². The van der Waals surface area contributed by atoms with Gasteiger partial charge in [-0.05, 0) is 0 Å². The predicted molar refractivity (Wildman–Crippen MR) is 55.8 cm³/mol. The summed E-state index contributed by atoms with van der Waals surface area (Å²) in [5.41, 5.74) is 0. The molecule has 1 heteroatoms. The summed E-state index contributed by atoms with van der Waals surface area (Å²) in [6.45, 7) is 9.26. The summed E-state index contributed by atoms with van der Waals surface area (Å²) in [7, 11) is 1.46. The van der Waals surface area contributed by atoms with Crippen LogP contribution in [0.3, 0.4) is 0 Å². The lowest BCUT2D eigenvalue weighted by atomic mass is 9.52. The van der Waals surface area contributed by atoms with E-state index in [0.29, 0.717) is 0 Å². The molecule has 0 bridgehead atoms. The molecule has 0 aliphatic rings. The first kappa shape index (κ1) is 11.1. The van der Waals surface area contributed by atoms with E-state index in [9.17, 15) is 0 Å². The zero-order valence-electron chi connectivity index (χ0n) is 8.69. The molecule has 0 aliphatic carbocycles. The summed E-state index contributed by atoms with van der Waals surface area (Å²) in [5, 5.41) is 0. The fourth-order valence-corrected chi connectivity index (χ4v) is 1.72. The van der Waals surface area contributed by atoms with Crippen molar-refractivity contribution in [2.24, 2.45) is 0 Å². The van der Waals surface area contributed by atoms with Gasteiger partial charge in [0.25, 0.3) is 0 Å². The first-order valence-electron chi connectivity index (χ1n) is 5.28. The second-order valence-corrected chi connectivity index (χ2v) is 3.60. The van der Waals surface area contributed by atoms with Crippen molar-refractivity contribution < 1.29 is 0 Å². The van der Waals surface area contributed by atoms with Crippen LogP contribution in [0.5, 0.6) is 0 Å². The lowest BCUT2D eigenvalue weighted by Crippen LogP contribution is -2.08. The Morgan fingerprint density at radius 2 is 1.00 bits per heavy atom. The van der Waals surface area contributed by atoms with Gasteiger partial charge in [0.15, 0.2) is 0 Å². The summed E-state index contributed by atoms with van der Waals surface area (Å²) >= 11 is 0. The first-order chi connectivity index (χ1) is 5.28. The fraction of sp³-hybridized carbons (Fsp3) is 1.00. The molecule has 11 heavy (non-hydrogen) atoms. The molecule has 0 amide bonds. The van der Waals surface area contributed by atoms with Gasteiger partial charge < -0.3 is 0 Å². The van der Waals surface area contributed by atoms with Crippen LogP contribution in [0, 0.1) is 0 Å². The molecule has 0 aromatic rings. The smallest absolute Gasteiger partial charge is 0.0659 e. The van der Waals surface area contributed by atoms with Crippen LogP contribution in [-0.2, 0) is 0 Å². The minimum absolute atomic E-state index is 0.986. The molecule has 0 heterocycles. The van der Waals surface area contributed by atoms with Gasteiger partial charge in [-0.25, -0.2) is 0 Å². The second-order valence-electron chi connectivity index (χ2n) is 3.60. The van der Waals surface area contributed by atoms with Crippen LogP contribution in [0.4, 0.5) is 0 Å². The molecule has 0 unspecified atom stereocenters. The highest BCUT2D eigenvalue weighted by molar-refractivity contribution is 6.39. The van der Waals surface area contributed by atoms with Gasteiger partial charge in [-0.15, -0.1) is 0 Å². The van der Waals surface area contributed by atoms with Crippen LogP contribution in [0.2, 0.25) is 11.6 Å². The highest BCUT2D eigenvalue weighted by Gasteiger charge is 2.12. The van der Waals surface area contributed by atoms with E-state index in [0.717, 1.165) is 11.6 Å². The van der Waals surface area contributed by atoms with E-state index >= 15 is 0 Å². The van der Waals surface area contributed by atoms with Crippen molar-refractivity contribution in [3.8, 4) is 0 Å². The minimum Gasteiger partial charge on any atom is -0.0659 e. The third kappa shape index (κ3) is 4.50. The van der Waals surface area contributed by atoms with Crippen LogP contribution in [0.1, 0.15) is 53.4 Å². The molecule has 0 aromatic heterocycles. The standard InChI is InChI=1S/C10H23B/c1-5-9(6-2)11-10(7-3)8-4/h9-11H,5-8H2,1-4H3. The van der Waals surface area contributed by atoms with Gasteiger partial charge in [-0.1, -0.05) is 65.0 Å². The van der Waals surface area contributed by atoms with E-state index in [4.69, 9.17) is 0 Å². The summed E-state index contributed by atoms with van der Waals surface area (Å²) in [6.07, 6.45) is 5.47. The van der Waals surface area contributed by atoms with Gasteiger partial charge in [0, 0.05) is 0 Å². The Bertz CT molecular complexity index is 62.9. The third-order valence-electron chi connectivity index (χ3n) is 2.98. The average Bonchev–Trinajstić information content (AvgIpc) is 2.07. The largest absolute Gasteiger partial charge is 0.127 e. The maximum absolute atomic E-state index is 2.32. The van der Waals surface area contributed by atoms with E-state index in [1.165, 1.54) is 33.0 Å². The number of rotatable bonds is 6. The average molecular weight is 154 g/mol. The summed E-state index contributed by atoms with van der Waals surface area (Å²) < 4.78 is 0. The normalized spacial score (nSPS) is 11.1. The molecule has 0 saturated heterocycles. The Kier molecular flexibility index (Phi) is 6.80. The van der Waals surface area contributed by atoms with Crippen LogP contribution >= 0.6 is 0 Å². The highest BCUT2D eigenvalue weighted by Crippen LogP contribution is 2.23. The molecule has 66 valence electrons. The summed E-state index contributed by atoms with van der Waals surface area (Å²) in [5.74, 6) is 1.97. The molecule has 0 rings (SSSR count). The minimum atomic E-state index is 0.986. The zero-order chi connectivity index (χ0) is 8.69. The van der Waals surface area contributed by atoms with Crippen molar-refractivity contribution in [1.29, 1.82) is 0 Å². The Morgan fingerprint density at radius 1 is 0.727 bits per heavy atom. The van der Waals surface area contributed by atoms with Crippen LogP contribution in [0.25, 0.3) is 0 Å². The number of hydrogen-bond donors (Lipinski definition) is 0. The third-order valence-corrected chi connectivity index (χ3v) is 2.98. The molecule has 0 aliphatic heterocycles. The van der Waals surface area contributed by atoms with Gasteiger partial charge in [0.1, 0.15) is 7.28 Å². The molecular weight excluding hydrogens is 131 g/mol. The molecule has 0 saturated carbocycles. The monoisotopic (exact) mass is 154 g/mol. The van der Waals surface area contributed by atoms with Crippen molar-refractivity contribution in [2.45, 2.75) is 65.0 Å². The first-order valence-corrected chi connectivity index (χ1v) is 5.28. The van der Waals surface area contributed by atoms with Crippen LogP contribution < -0.4 is 0 Å². The maximum Gasteiger partial charge on any atom is 0.127 e. The Balaban J connectivity index is 3.58. The van der Waals surface area contributed by atoms with E-state index in [2.05, 4.69) is 27.7 Å². The predicted octanol–water partition coefficient (Wildman–Crippen LogP) is 3.64. The zero-order valence-corrected chi connectivity index (χ0v) is 8.69. The lowest BCUT2D eigenvalue weighted by molar-refractivity contribution is 0.699. The highest BCUT2D eigenvalue weighted by atomic mass is 14.0. The number of hydrogen-bond acceptors (Lipinski definition) is 0. The van der Waals surface area contributed by atoms with E-state index < -0.39 is 0 Å². The van der Waals surface area contributed by atoms with E-state index in [-0.39, 0.29) is 0 Å². The fourth-order valence-electron chi connectivity index (χ4n) is 1.72. The van der Waals surface area contributed by atoms with Crippen molar-refractivity contribution in [1.82, 2.24) is 0 Å². The van der Waals surface area contributed by atoms with Gasteiger partial charge in [0.05, 0.1) is 0 Å². The van der Waals surface area contributed by atoms with Gasteiger partial charge >= 0.3 is 0 Å². The maximum atomic E-state index is 2.32. The van der Waals surface area contributed by atoms with Crippen LogP contribution in [0.15, 0.2) is 0 Å². The van der Waals surface area contributed by atoms with E-state index in [1.54, 1.807) is 0 Å². The SMILES string of the molecule is CCC(BC(CC)CC)CC. The summed E-state index contributed by atoms with van der Waals surface area (Å²) in [4.78, 5) is 0. The molecule has 0 N–H and O–H groups in total. The molecule has 0 aromatic carbocycles. The molecule has 0 radical (unpaired) electrons. The molecular formula is C10H23B. The van der Waals surface area contributed by atoms with Crippen molar-refractivity contribution in [2.75, 3.05) is 0 Å². The Labute approximate surface area is 73.0 Å². The van der Waals surface area contributed by atoms with Crippen molar-refractivity contribution in [3.05, 3.63) is 0 Å². The summed E-state index contributed by atoms with van der Waals surface area (Å²) in [6, 6.07) is 0. The molecule has 0 atom stereocenters.